The maximum absolute atomic E-state index is 14.0. The minimum Gasteiger partial charge on any atom is -0.393 e. The normalized spacial score (nSPS) is 40.5. The lowest BCUT2D eigenvalue weighted by molar-refractivity contribution is -0.141. The zero-order chi connectivity index (χ0) is 18.3. The molecule has 0 aromatic carbocycles. The van der Waals surface area contributed by atoms with Gasteiger partial charge in [-0.2, -0.15) is 0 Å². The van der Waals surface area contributed by atoms with E-state index in [1.54, 1.807) is 0 Å². The Kier molecular flexibility index (Phi) is 5.91. The van der Waals surface area contributed by atoms with Gasteiger partial charge >= 0.3 is 0 Å². The zero-order valence-electron chi connectivity index (χ0n) is 14.7. The smallest absolute Gasteiger partial charge is 0.250 e. The van der Waals surface area contributed by atoms with Gasteiger partial charge in [-0.15, -0.1) is 0 Å². The molecular formula is C18H30F4O2. The molecule has 24 heavy (non-hydrogen) atoms. The fraction of sp³-hybridized carbons (Fsp3) is 1.00. The minimum atomic E-state index is -2.84. The second-order valence-corrected chi connectivity index (χ2v) is 8.47. The van der Waals surface area contributed by atoms with Crippen molar-refractivity contribution in [1.82, 2.24) is 0 Å². The Morgan fingerprint density at radius 2 is 1.54 bits per heavy atom. The fourth-order valence-corrected chi connectivity index (χ4v) is 4.70. The second-order valence-electron chi connectivity index (χ2n) is 8.47. The van der Waals surface area contributed by atoms with Crippen LogP contribution >= 0.6 is 0 Å². The van der Waals surface area contributed by atoms with E-state index in [0.717, 1.165) is 0 Å². The maximum Gasteiger partial charge on any atom is 0.250 e. The molecule has 2 saturated carbocycles. The van der Waals surface area contributed by atoms with Crippen molar-refractivity contribution in [2.45, 2.75) is 83.3 Å². The van der Waals surface area contributed by atoms with Crippen LogP contribution in [-0.4, -0.2) is 34.3 Å². The SMILES string of the molecule is CC(C)C1CC(F)(F)CC(CC(C)C2CCC(F)(F)CC2O)C1O. The molecule has 0 heterocycles. The van der Waals surface area contributed by atoms with Crippen molar-refractivity contribution in [3.63, 3.8) is 0 Å². The summed E-state index contributed by atoms with van der Waals surface area (Å²) >= 11 is 0. The highest BCUT2D eigenvalue weighted by Crippen LogP contribution is 2.47. The van der Waals surface area contributed by atoms with Gasteiger partial charge in [-0.05, 0) is 42.4 Å². The average molecular weight is 354 g/mol. The van der Waals surface area contributed by atoms with Crippen LogP contribution in [0.2, 0.25) is 0 Å². The van der Waals surface area contributed by atoms with Gasteiger partial charge < -0.3 is 10.2 Å². The predicted octanol–water partition coefficient (Wildman–Crippen LogP) is 4.49. The molecule has 142 valence electrons. The van der Waals surface area contributed by atoms with Crippen LogP contribution in [0, 0.1) is 29.6 Å². The molecule has 2 nitrogen and oxygen atoms in total. The van der Waals surface area contributed by atoms with Gasteiger partial charge in [0.15, 0.2) is 0 Å². The first kappa shape index (κ1) is 20.0. The number of aliphatic hydroxyl groups excluding tert-OH is 2. The summed E-state index contributed by atoms with van der Waals surface area (Å²) in [6.07, 6.45) is -2.84. The van der Waals surface area contributed by atoms with Crippen molar-refractivity contribution in [3.8, 4) is 0 Å². The van der Waals surface area contributed by atoms with Crippen LogP contribution in [0.4, 0.5) is 17.6 Å². The van der Waals surface area contributed by atoms with Crippen LogP contribution in [0.5, 0.6) is 0 Å². The summed E-state index contributed by atoms with van der Waals surface area (Å²) in [5.41, 5.74) is 0. The van der Waals surface area contributed by atoms with Crippen molar-refractivity contribution < 1.29 is 27.8 Å². The second kappa shape index (κ2) is 7.10. The van der Waals surface area contributed by atoms with E-state index in [0.29, 0.717) is 6.42 Å². The average Bonchev–Trinajstić information content (AvgIpc) is 2.40. The number of hydrogen-bond donors (Lipinski definition) is 2. The molecule has 0 saturated heterocycles. The summed E-state index contributed by atoms with van der Waals surface area (Å²) in [5, 5.41) is 20.5. The molecule has 6 heteroatoms. The van der Waals surface area contributed by atoms with E-state index in [1.165, 1.54) is 0 Å². The highest BCUT2D eigenvalue weighted by molar-refractivity contribution is 4.94. The Morgan fingerprint density at radius 1 is 0.917 bits per heavy atom. The van der Waals surface area contributed by atoms with Crippen LogP contribution in [-0.2, 0) is 0 Å². The summed E-state index contributed by atoms with van der Waals surface area (Å²) in [7, 11) is 0. The molecule has 0 amide bonds. The van der Waals surface area contributed by atoms with Gasteiger partial charge in [0, 0.05) is 25.7 Å². The van der Waals surface area contributed by atoms with Crippen molar-refractivity contribution in [2.24, 2.45) is 29.6 Å². The van der Waals surface area contributed by atoms with Crippen LogP contribution < -0.4 is 0 Å². The molecule has 0 spiro atoms. The van der Waals surface area contributed by atoms with Crippen LogP contribution in [0.25, 0.3) is 0 Å². The Labute approximate surface area is 141 Å². The first-order chi connectivity index (χ1) is 10.9. The molecule has 0 bridgehead atoms. The molecule has 0 aliphatic heterocycles. The van der Waals surface area contributed by atoms with Gasteiger partial charge in [0.2, 0.25) is 5.92 Å². The van der Waals surface area contributed by atoms with Crippen LogP contribution in [0.1, 0.15) is 59.3 Å². The summed E-state index contributed by atoms with van der Waals surface area (Å²) in [5.74, 6) is -7.16. The van der Waals surface area contributed by atoms with Crippen LogP contribution in [0.3, 0.4) is 0 Å². The molecule has 2 rings (SSSR count). The van der Waals surface area contributed by atoms with E-state index in [1.807, 2.05) is 20.8 Å². The van der Waals surface area contributed by atoms with Crippen molar-refractivity contribution in [1.29, 1.82) is 0 Å². The molecule has 0 radical (unpaired) electrons. The number of halogens is 4. The molecule has 6 atom stereocenters. The predicted molar refractivity (Wildman–Crippen MR) is 84.1 cm³/mol. The van der Waals surface area contributed by atoms with Crippen molar-refractivity contribution in [3.05, 3.63) is 0 Å². The fourth-order valence-electron chi connectivity index (χ4n) is 4.70. The van der Waals surface area contributed by atoms with Crippen LogP contribution in [0.15, 0.2) is 0 Å². The molecular weight excluding hydrogens is 324 g/mol. The van der Waals surface area contributed by atoms with Gasteiger partial charge in [0.25, 0.3) is 5.92 Å². The molecule has 0 aromatic rings. The minimum absolute atomic E-state index is 0.0389. The van der Waals surface area contributed by atoms with E-state index in [4.69, 9.17) is 0 Å². The first-order valence-corrected chi connectivity index (χ1v) is 9.03. The quantitative estimate of drug-likeness (QED) is 0.731. The Hall–Kier alpha value is -0.360. The van der Waals surface area contributed by atoms with Gasteiger partial charge in [0.05, 0.1) is 12.2 Å². The lowest BCUT2D eigenvalue weighted by atomic mass is 9.67. The van der Waals surface area contributed by atoms with E-state index >= 15 is 0 Å². The van der Waals surface area contributed by atoms with E-state index in [2.05, 4.69) is 0 Å². The van der Waals surface area contributed by atoms with Gasteiger partial charge in [-0.1, -0.05) is 20.8 Å². The number of rotatable bonds is 4. The van der Waals surface area contributed by atoms with E-state index in [-0.39, 0.29) is 43.4 Å². The Morgan fingerprint density at radius 3 is 2.08 bits per heavy atom. The molecule has 0 aromatic heterocycles. The highest BCUT2D eigenvalue weighted by atomic mass is 19.3. The van der Waals surface area contributed by atoms with Crippen molar-refractivity contribution >= 4 is 0 Å². The van der Waals surface area contributed by atoms with E-state index < -0.39 is 42.3 Å². The third kappa shape index (κ3) is 4.63. The molecule has 6 unspecified atom stereocenters. The number of alkyl halides is 4. The Balaban J connectivity index is 2.03. The lowest BCUT2D eigenvalue weighted by Gasteiger charge is -2.43. The maximum atomic E-state index is 14.0. The van der Waals surface area contributed by atoms with Gasteiger partial charge in [0.1, 0.15) is 0 Å². The van der Waals surface area contributed by atoms with Crippen molar-refractivity contribution in [2.75, 3.05) is 0 Å². The molecule has 2 aliphatic rings. The highest BCUT2D eigenvalue weighted by Gasteiger charge is 2.49. The van der Waals surface area contributed by atoms with Gasteiger partial charge in [-0.3, -0.25) is 0 Å². The summed E-state index contributed by atoms with van der Waals surface area (Å²) in [6.45, 7) is 5.49. The number of hydrogen-bond acceptors (Lipinski definition) is 2. The topological polar surface area (TPSA) is 40.5 Å². The lowest BCUT2D eigenvalue weighted by Crippen LogP contribution is -2.46. The number of aliphatic hydroxyl groups is 2. The monoisotopic (exact) mass is 354 g/mol. The third-order valence-corrected chi connectivity index (χ3v) is 6.12. The summed E-state index contributed by atoms with van der Waals surface area (Å²) < 4.78 is 54.8. The zero-order valence-corrected chi connectivity index (χ0v) is 14.7. The van der Waals surface area contributed by atoms with E-state index in [9.17, 15) is 27.8 Å². The summed E-state index contributed by atoms with van der Waals surface area (Å²) in [4.78, 5) is 0. The van der Waals surface area contributed by atoms with Gasteiger partial charge in [-0.25, -0.2) is 17.6 Å². The molecule has 2 aliphatic carbocycles. The molecule has 2 fully saturated rings. The standard InChI is InChI=1S/C18H30F4O2/c1-10(2)14-8-18(21,22)7-12(16(14)24)6-11(3)13-4-5-17(19,20)9-15(13)23/h10-16,23-24H,4-9H2,1-3H3. The largest absolute Gasteiger partial charge is 0.393 e. The summed E-state index contributed by atoms with van der Waals surface area (Å²) in [6, 6.07) is 0. The molecule has 2 N–H and O–H groups in total. The third-order valence-electron chi connectivity index (χ3n) is 6.12. The first-order valence-electron chi connectivity index (χ1n) is 9.03. The Bertz CT molecular complexity index is 427.